The molecule has 0 bridgehead atoms. The highest BCUT2D eigenvalue weighted by atomic mass is 16.6. The highest BCUT2D eigenvalue weighted by molar-refractivity contribution is 5.44. The molecule has 2 aromatic rings. The van der Waals surface area contributed by atoms with Crippen molar-refractivity contribution in [3.8, 4) is 11.5 Å². The summed E-state index contributed by atoms with van der Waals surface area (Å²) in [7, 11) is 0. The molecule has 2 saturated heterocycles. The molecular formula is C30H41N3O2. The van der Waals surface area contributed by atoms with Crippen molar-refractivity contribution in [1.82, 2.24) is 15.1 Å². The van der Waals surface area contributed by atoms with E-state index in [9.17, 15) is 0 Å². The van der Waals surface area contributed by atoms with E-state index < -0.39 is 0 Å². The normalized spacial score (nSPS) is 25.1. The molecule has 1 saturated carbocycles. The van der Waals surface area contributed by atoms with E-state index in [4.69, 9.17) is 9.47 Å². The average molecular weight is 476 g/mol. The van der Waals surface area contributed by atoms with Crippen molar-refractivity contribution in [2.45, 2.75) is 64.1 Å². The summed E-state index contributed by atoms with van der Waals surface area (Å²) in [4.78, 5) is 5.54. The van der Waals surface area contributed by atoms with Crippen LogP contribution in [0, 0.1) is 5.41 Å². The van der Waals surface area contributed by atoms with Crippen LogP contribution in [0.4, 0.5) is 0 Å². The Labute approximate surface area is 210 Å². The molecule has 1 spiro atoms. The van der Waals surface area contributed by atoms with E-state index in [1.165, 1.54) is 49.9 Å². The first-order valence-corrected chi connectivity index (χ1v) is 13.8. The summed E-state index contributed by atoms with van der Waals surface area (Å²) in [6, 6.07) is 16.9. The second-order valence-corrected chi connectivity index (χ2v) is 11.6. The van der Waals surface area contributed by atoms with Gasteiger partial charge in [-0.2, -0.15) is 0 Å². The van der Waals surface area contributed by atoms with E-state index >= 15 is 0 Å². The van der Waals surface area contributed by atoms with E-state index in [1.807, 2.05) is 0 Å². The fourth-order valence-corrected chi connectivity index (χ4v) is 7.04. The molecule has 1 unspecified atom stereocenters. The van der Waals surface area contributed by atoms with Crippen LogP contribution in [0.25, 0.3) is 0 Å². The summed E-state index contributed by atoms with van der Waals surface area (Å²) in [5.41, 5.74) is 4.98. The number of nitrogens with one attached hydrogen (secondary N) is 1. The molecule has 35 heavy (non-hydrogen) atoms. The summed E-state index contributed by atoms with van der Waals surface area (Å²) in [5.74, 6) is 2.32. The summed E-state index contributed by atoms with van der Waals surface area (Å²) >= 11 is 0. The lowest BCUT2D eigenvalue weighted by Gasteiger charge is -2.57. The van der Waals surface area contributed by atoms with Gasteiger partial charge in [0.2, 0.25) is 0 Å². The van der Waals surface area contributed by atoms with Crippen LogP contribution in [0.3, 0.4) is 0 Å². The molecule has 5 nitrogen and oxygen atoms in total. The molecule has 5 heteroatoms. The van der Waals surface area contributed by atoms with Crippen molar-refractivity contribution in [2.24, 2.45) is 5.41 Å². The monoisotopic (exact) mass is 475 g/mol. The molecule has 3 heterocycles. The molecule has 3 fully saturated rings. The van der Waals surface area contributed by atoms with Crippen LogP contribution in [0.15, 0.2) is 42.5 Å². The molecule has 0 radical (unpaired) electrons. The Bertz CT molecular complexity index is 1020. The predicted octanol–water partition coefficient (Wildman–Crippen LogP) is 4.97. The third kappa shape index (κ3) is 4.71. The molecular weight excluding hydrogens is 434 g/mol. The van der Waals surface area contributed by atoms with Gasteiger partial charge in [0.05, 0.1) is 0 Å². The van der Waals surface area contributed by atoms with Crippen molar-refractivity contribution in [3.05, 3.63) is 59.2 Å². The molecule has 188 valence electrons. The third-order valence-corrected chi connectivity index (χ3v) is 8.97. The number of piperazine rings is 1. The topological polar surface area (TPSA) is 37.0 Å². The quantitative estimate of drug-likeness (QED) is 0.661. The van der Waals surface area contributed by atoms with Gasteiger partial charge >= 0.3 is 0 Å². The Balaban J connectivity index is 1.22. The van der Waals surface area contributed by atoms with E-state index in [2.05, 4.69) is 71.4 Å². The number of nitrogens with zero attached hydrogens (tertiary/aromatic N) is 2. The largest absolute Gasteiger partial charge is 0.486 e. The van der Waals surface area contributed by atoms with Crippen molar-refractivity contribution < 1.29 is 9.47 Å². The Morgan fingerprint density at radius 2 is 1.74 bits per heavy atom. The van der Waals surface area contributed by atoms with Crippen LogP contribution in [0.2, 0.25) is 0 Å². The van der Waals surface area contributed by atoms with Gasteiger partial charge < -0.3 is 14.8 Å². The van der Waals surface area contributed by atoms with E-state index in [1.54, 1.807) is 5.56 Å². The Morgan fingerprint density at radius 1 is 0.971 bits per heavy atom. The number of fused-ring (bicyclic) bond motifs is 1. The second-order valence-electron chi connectivity index (χ2n) is 11.6. The first-order valence-electron chi connectivity index (χ1n) is 13.8. The van der Waals surface area contributed by atoms with E-state index in [0.717, 1.165) is 43.7 Å². The number of hydrogen-bond donors (Lipinski definition) is 1. The first-order chi connectivity index (χ1) is 17.1. The van der Waals surface area contributed by atoms with E-state index in [0.29, 0.717) is 30.6 Å². The molecule has 3 aliphatic heterocycles. The average Bonchev–Trinajstić information content (AvgIpc) is 2.88. The minimum Gasteiger partial charge on any atom is -0.486 e. The van der Waals surface area contributed by atoms with E-state index in [-0.39, 0.29) is 0 Å². The minimum atomic E-state index is 0.462. The van der Waals surface area contributed by atoms with Gasteiger partial charge in [0.15, 0.2) is 11.5 Å². The predicted molar refractivity (Wildman–Crippen MR) is 140 cm³/mol. The van der Waals surface area contributed by atoms with Gasteiger partial charge in [-0.3, -0.25) is 9.80 Å². The maximum absolute atomic E-state index is 5.85. The van der Waals surface area contributed by atoms with Gasteiger partial charge in [0.25, 0.3) is 0 Å². The van der Waals surface area contributed by atoms with Crippen LogP contribution in [0.1, 0.15) is 68.2 Å². The van der Waals surface area contributed by atoms with Gasteiger partial charge in [-0.25, -0.2) is 0 Å². The lowest BCUT2D eigenvalue weighted by atomic mass is 9.60. The SMILES string of the molecule is CC(C)c1ccccc1C1CN(Cc2ccc3c(c2)OCCO3)CCN1C1CC2(CCNCC2)C1. The lowest BCUT2D eigenvalue weighted by molar-refractivity contribution is -0.0650. The maximum atomic E-state index is 5.85. The van der Waals surface area contributed by atoms with Gasteiger partial charge in [-0.05, 0) is 78.9 Å². The number of ether oxygens (including phenoxy) is 2. The smallest absolute Gasteiger partial charge is 0.161 e. The number of rotatable bonds is 5. The molecule has 0 amide bonds. The lowest BCUT2D eigenvalue weighted by Crippen LogP contribution is -2.59. The van der Waals surface area contributed by atoms with Gasteiger partial charge in [0.1, 0.15) is 13.2 Å². The zero-order valence-corrected chi connectivity index (χ0v) is 21.5. The zero-order valence-electron chi connectivity index (χ0n) is 21.5. The summed E-state index contributed by atoms with van der Waals surface area (Å²) in [6.45, 7) is 12.7. The molecule has 4 aliphatic rings. The number of piperidine rings is 1. The molecule has 1 atom stereocenters. The first kappa shape index (κ1) is 23.3. The van der Waals surface area contributed by atoms with Crippen LogP contribution in [0.5, 0.6) is 11.5 Å². The fraction of sp³-hybridized carbons (Fsp3) is 0.600. The minimum absolute atomic E-state index is 0.462. The van der Waals surface area contributed by atoms with Crippen molar-refractivity contribution in [1.29, 1.82) is 0 Å². The van der Waals surface area contributed by atoms with Crippen LogP contribution >= 0.6 is 0 Å². The highest BCUT2D eigenvalue weighted by Gasteiger charge is 2.49. The summed E-state index contributed by atoms with van der Waals surface area (Å²) in [5, 5.41) is 3.57. The maximum Gasteiger partial charge on any atom is 0.161 e. The molecule has 1 N–H and O–H groups in total. The second kappa shape index (κ2) is 9.76. The molecule has 0 aromatic heterocycles. The van der Waals surface area contributed by atoms with Crippen molar-refractivity contribution >= 4 is 0 Å². The number of hydrogen-bond acceptors (Lipinski definition) is 5. The molecule has 2 aromatic carbocycles. The Morgan fingerprint density at radius 3 is 2.54 bits per heavy atom. The van der Waals surface area contributed by atoms with Gasteiger partial charge in [0, 0.05) is 38.3 Å². The van der Waals surface area contributed by atoms with Crippen molar-refractivity contribution in [2.75, 3.05) is 45.9 Å². The highest BCUT2D eigenvalue weighted by Crippen LogP contribution is 2.52. The fourth-order valence-electron chi connectivity index (χ4n) is 7.04. The van der Waals surface area contributed by atoms with Crippen molar-refractivity contribution in [3.63, 3.8) is 0 Å². The molecule has 1 aliphatic carbocycles. The zero-order chi connectivity index (χ0) is 23.8. The Hall–Kier alpha value is -2.08. The third-order valence-electron chi connectivity index (χ3n) is 8.97. The standard InChI is InChI=1S/C30H41N3O2/c1-22(2)25-5-3-4-6-26(25)27-21-32(20-23-7-8-28-29(17-23)35-16-15-34-28)13-14-33(27)24-18-30(19-24)9-11-31-12-10-30/h3-8,17,22,24,27,31H,9-16,18-21H2,1-2H3. The van der Waals surface area contributed by atoms with Crippen LogP contribution < -0.4 is 14.8 Å². The summed E-state index contributed by atoms with van der Waals surface area (Å²) < 4.78 is 11.6. The molecule has 6 rings (SSSR count). The number of benzene rings is 2. The Kier molecular flexibility index (Phi) is 6.50. The van der Waals surface area contributed by atoms with Gasteiger partial charge in [-0.15, -0.1) is 0 Å². The summed E-state index contributed by atoms with van der Waals surface area (Å²) in [6.07, 6.45) is 5.50. The van der Waals surface area contributed by atoms with Crippen LogP contribution in [-0.2, 0) is 6.54 Å². The van der Waals surface area contributed by atoms with Crippen LogP contribution in [-0.4, -0.2) is 61.8 Å². The van der Waals surface area contributed by atoms with Gasteiger partial charge in [-0.1, -0.05) is 44.2 Å².